The largest absolute Gasteiger partial charge is 0.480 e. The van der Waals surface area contributed by atoms with E-state index in [1.165, 1.54) is 19.4 Å². The Morgan fingerprint density at radius 1 is 1.12 bits per heavy atom. The van der Waals surface area contributed by atoms with E-state index in [1.807, 2.05) is 6.92 Å². The lowest BCUT2D eigenvalue weighted by Gasteiger charge is -2.13. The van der Waals surface area contributed by atoms with Crippen LogP contribution in [0, 0.1) is 23.5 Å². The molecule has 168 valence electrons. The molecule has 8 nitrogen and oxygen atoms in total. The van der Waals surface area contributed by atoms with Gasteiger partial charge in [0, 0.05) is 36.0 Å². The first-order chi connectivity index (χ1) is 15.8. The molecule has 0 amide bonds. The van der Waals surface area contributed by atoms with Gasteiger partial charge in [0.1, 0.15) is 22.2 Å². The number of rotatable bonds is 5. The number of ether oxygens (including phenoxy) is 1. The van der Waals surface area contributed by atoms with E-state index in [9.17, 15) is 17.2 Å². The minimum Gasteiger partial charge on any atom is -0.480 e. The molecule has 0 unspecified atom stereocenters. The second-order valence-corrected chi connectivity index (χ2v) is 8.44. The van der Waals surface area contributed by atoms with Crippen molar-refractivity contribution in [2.24, 2.45) is 0 Å². The molecule has 4 rings (SSSR count). The Bertz CT molecular complexity index is 1520. The number of halogens is 2. The summed E-state index contributed by atoms with van der Waals surface area (Å²) in [5.74, 6) is 4.21. The summed E-state index contributed by atoms with van der Waals surface area (Å²) in [6.45, 7) is 1.92. The number of benzene rings is 1. The van der Waals surface area contributed by atoms with E-state index in [2.05, 4.69) is 31.7 Å². The molecule has 0 aliphatic rings. The smallest absolute Gasteiger partial charge is 0.264 e. The second kappa shape index (κ2) is 8.84. The Labute approximate surface area is 188 Å². The van der Waals surface area contributed by atoms with Gasteiger partial charge < -0.3 is 4.74 Å². The lowest BCUT2D eigenvalue weighted by Crippen LogP contribution is -2.15. The lowest BCUT2D eigenvalue weighted by molar-refractivity contribution is 0.400. The summed E-state index contributed by atoms with van der Waals surface area (Å²) in [7, 11) is -3.07. The van der Waals surface area contributed by atoms with E-state index in [0.717, 1.165) is 12.1 Å². The van der Waals surface area contributed by atoms with Gasteiger partial charge in [0.15, 0.2) is 5.65 Å². The quantitative estimate of drug-likeness (QED) is 0.448. The molecular formula is C22H17F2N5O3S. The molecular weight excluding hydrogens is 452 g/mol. The molecule has 0 saturated carbocycles. The molecule has 0 aliphatic carbocycles. The Kier molecular flexibility index (Phi) is 5.93. The monoisotopic (exact) mass is 469 g/mol. The van der Waals surface area contributed by atoms with Crippen LogP contribution in [0.3, 0.4) is 0 Å². The predicted octanol–water partition coefficient (Wildman–Crippen LogP) is 3.64. The van der Waals surface area contributed by atoms with Crippen LogP contribution in [0.15, 0.2) is 53.7 Å². The van der Waals surface area contributed by atoms with Gasteiger partial charge in [-0.1, -0.05) is 12.8 Å². The zero-order chi connectivity index (χ0) is 23.6. The molecule has 3 heterocycles. The third kappa shape index (κ3) is 4.47. The number of hydrogen-bond donors (Lipinski definition) is 1. The van der Waals surface area contributed by atoms with E-state index in [0.29, 0.717) is 35.1 Å². The summed E-state index contributed by atoms with van der Waals surface area (Å²) in [5.41, 5.74) is 1.78. The number of pyridine rings is 2. The van der Waals surface area contributed by atoms with Crippen molar-refractivity contribution < 1.29 is 21.9 Å². The standard InChI is InChI=1S/C22H17F2N5O3S/c1-3-4-5-20-26-27-21-9-6-14(13-29(20)21)15-10-18(22(32-2)25-12-15)28-33(30,31)19-8-7-16(23)11-17(19)24/h6-13,28H,3H2,1-2H3. The Hall–Kier alpha value is -4.04. The third-order valence-corrected chi connectivity index (χ3v) is 5.98. The predicted molar refractivity (Wildman–Crippen MR) is 117 cm³/mol. The molecule has 0 fully saturated rings. The van der Waals surface area contributed by atoms with E-state index in [1.54, 1.807) is 22.7 Å². The minimum atomic E-state index is -4.39. The average molecular weight is 469 g/mol. The molecule has 33 heavy (non-hydrogen) atoms. The Morgan fingerprint density at radius 2 is 1.94 bits per heavy atom. The zero-order valence-electron chi connectivity index (χ0n) is 17.5. The summed E-state index contributed by atoms with van der Waals surface area (Å²) in [5, 5.41) is 8.13. The van der Waals surface area contributed by atoms with E-state index >= 15 is 0 Å². The van der Waals surface area contributed by atoms with Crippen LogP contribution in [0.2, 0.25) is 0 Å². The topological polar surface area (TPSA) is 98.5 Å². The van der Waals surface area contributed by atoms with Gasteiger partial charge in [0.25, 0.3) is 10.0 Å². The van der Waals surface area contributed by atoms with E-state index in [-0.39, 0.29) is 11.6 Å². The number of fused-ring (bicyclic) bond motifs is 1. The number of methoxy groups -OCH3 is 1. The highest BCUT2D eigenvalue weighted by molar-refractivity contribution is 7.92. The van der Waals surface area contributed by atoms with Crippen molar-refractivity contribution in [1.29, 1.82) is 0 Å². The van der Waals surface area contributed by atoms with Gasteiger partial charge in [-0.15, -0.1) is 10.2 Å². The summed E-state index contributed by atoms with van der Waals surface area (Å²) < 4.78 is 61.9. The maximum absolute atomic E-state index is 14.1. The summed E-state index contributed by atoms with van der Waals surface area (Å²) in [6, 6.07) is 7.19. The highest BCUT2D eigenvalue weighted by atomic mass is 32.2. The van der Waals surface area contributed by atoms with Crippen LogP contribution in [0.1, 0.15) is 19.2 Å². The molecule has 1 N–H and O–H groups in total. The Balaban J connectivity index is 1.76. The van der Waals surface area contributed by atoms with Crippen LogP contribution >= 0.6 is 0 Å². The minimum absolute atomic E-state index is 0.0198. The van der Waals surface area contributed by atoms with Gasteiger partial charge >= 0.3 is 0 Å². The summed E-state index contributed by atoms with van der Waals surface area (Å²) in [4.78, 5) is 3.45. The first-order valence-corrected chi connectivity index (χ1v) is 11.2. The van der Waals surface area contributed by atoms with Gasteiger partial charge in [0.2, 0.25) is 11.7 Å². The molecule has 0 atom stereocenters. The molecule has 4 aromatic rings. The molecule has 0 spiro atoms. The molecule has 0 bridgehead atoms. The van der Waals surface area contributed by atoms with Crippen LogP contribution in [0.5, 0.6) is 5.88 Å². The SMILES string of the molecule is CCC#Cc1nnc2ccc(-c3cnc(OC)c(NS(=O)(=O)c4ccc(F)cc4F)c3)cn12. The fraction of sp³-hybridized carbons (Fsp3) is 0.136. The molecule has 0 aliphatic heterocycles. The second-order valence-electron chi connectivity index (χ2n) is 6.79. The number of anilines is 1. The van der Waals surface area contributed by atoms with Gasteiger partial charge in [0.05, 0.1) is 7.11 Å². The van der Waals surface area contributed by atoms with Crippen molar-refractivity contribution in [1.82, 2.24) is 19.6 Å². The van der Waals surface area contributed by atoms with Crippen LogP contribution in [0.4, 0.5) is 14.5 Å². The molecule has 1 aromatic carbocycles. The zero-order valence-corrected chi connectivity index (χ0v) is 18.3. The van der Waals surface area contributed by atoms with Gasteiger partial charge in [-0.3, -0.25) is 9.12 Å². The van der Waals surface area contributed by atoms with E-state index in [4.69, 9.17) is 4.74 Å². The maximum atomic E-state index is 14.1. The number of nitrogens with one attached hydrogen (secondary N) is 1. The van der Waals surface area contributed by atoms with Gasteiger partial charge in [-0.2, -0.15) is 0 Å². The molecule has 11 heteroatoms. The van der Waals surface area contributed by atoms with Crippen molar-refractivity contribution in [3.8, 4) is 28.8 Å². The lowest BCUT2D eigenvalue weighted by atomic mass is 10.1. The number of aromatic nitrogens is 4. The van der Waals surface area contributed by atoms with Gasteiger partial charge in [-0.05, 0) is 36.3 Å². The number of hydrogen-bond acceptors (Lipinski definition) is 6. The average Bonchev–Trinajstić information content (AvgIpc) is 3.19. The summed E-state index contributed by atoms with van der Waals surface area (Å²) >= 11 is 0. The fourth-order valence-corrected chi connectivity index (χ4v) is 4.16. The number of sulfonamides is 1. The maximum Gasteiger partial charge on any atom is 0.264 e. The molecule has 0 radical (unpaired) electrons. The first kappa shape index (κ1) is 22.2. The van der Waals surface area contributed by atoms with Crippen LogP contribution in [0.25, 0.3) is 16.8 Å². The first-order valence-electron chi connectivity index (χ1n) is 9.68. The van der Waals surface area contributed by atoms with Crippen molar-refractivity contribution in [2.45, 2.75) is 18.2 Å². The van der Waals surface area contributed by atoms with E-state index < -0.39 is 26.6 Å². The van der Waals surface area contributed by atoms with Crippen LogP contribution in [-0.2, 0) is 10.0 Å². The van der Waals surface area contributed by atoms with Crippen molar-refractivity contribution in [3.63, 3.8) is 0 Å². The van der Waals surface area contributed by atoms with Crippen molar-refractivity contribution >= 4 is 21.4 Å². The van der Waals surface area contributed by atoms with Crippen LogP contribution in [-0.4, -0.2) is 35.1 Å². The number of nitrogens with zero attached hydrogens (tertiary/aromatic N) is 4. The van der Waals surface area contributed by atoms with Gasteiger partial charge in [-0.25, -0.2) is 22.2 Å². The Morgan fingerprint density at radius 3 is 2.67 bits per heavy atom. The highest BCUT2D eigenvalue weighted by Crippen LogP contribution is 2.31. The third-order valence-electron chi connectivity index (χ3n) is 4.58. The fourth-order valence-electron chi connectivity index (χ4n) is 3.05. The van der Waals surface area contributed by atoms with Crippen molar-refractivity contribution in [2.75, 3.05) is 11.8 Å². The molecule has 3 aromatic heterocycles. The van der Waals surface area contributed by atoms with Crippen molar-refractivity contribution in [3.05, 3.63) is 66.3 Å². The molecule has 0 saturated heterocycles. The normalized spacial score (nSPS) is 11.2. The van der Waals surface area contributed by atoms with Crippen LogP contribution < -0.4 is 9.46 Å². The summed E-state index contributed by atoms with van der Waals surface area (Å²) in [6.07, 6.45) is 3.91. The highest BCUT2D eigenvalue weighted by Gasteiger charge is 2.22.